The van der Waals surface area contributed by atoms with E-state index in [1.165, 1.54) is 6.26 Å². The zero-order valence-corrected chi connectivity index (χ0v) is 30.9. The molecular weight excluding hydrogens is 620 g/mol. The number of carbonyl (C=O) groups excluding carboxylic acids is 3. The van der Waals surface area contributed by atoms with E-state index in [2.05, 4.69) is 6.58 Å². The highest BCUT2D eigenvalue weighted by atomic mass is 16.7. The Hall–Kier alpha value is -2.51. The maximum absolute atomic E-state index is 14.4. The van der Waals surface area contributed by atoms with Crippen molar-refractivity contribution >= 4 is 17.8 Å². The Kier molecular flexibility index (Phi) is 13.7. The van der Waals surface area contributed by atoms with E-state index in [-0.39, 0.29) is 30.9 Å². The summed E-state index contributed by atoms with van der Waals surface area (Å²) in [5, 5.41) is 11.3. The molecule has 2 saturated heterocycles. The van der Waals surface area contributed by atoms with Gasteiger partial charge in [0.25, 0.3) is 0 Å². The maximum atomic E-state index is 14.4. The molecule has 3 aliphatic rings. The summed E-state index contributed by atoms with van der Waals surface area (Å²) in [6.07, 6.45) is 0.620. The van der Waals surface area contributed by atoms with Crippen LogP contribution in [0, 0.1) is 17.8 Å². The van der Waals surface area contributed by atoms with Gasteiger partial charge in [-0.1, -0.05) is 40.3 Å². The van der Waals surface area contributed by atoms with Crippen molar-refractivity contribution in [2.45, 2.75) is 135 Å². The van der Waals surface area contributed by atoms with E-state index >= 15 is 0 Å². The second-order valence-electron chi connectivity index (χ2n) is 14.5. The number of cyclic esters (lactones) is 1. The summed E-state index contributed by atoms with van der Waals surface area (Å²) in [4.78, 5) is 45.1. The summed E-state index contributed by atoms with van der Waals surface area (Å²) in [6, 6.07) is -0.915. The minimum Gasteiger partial charge on any atom is -0.502 e. The predicted octanol–water partition coefficient (Wildman–Crippen LogP) is 4.48. The summed E-state index contributed by atoms with van der Waals surface area (Å²) in [6.45, 7) is 18.9. The van der Waals surface area contributed by atoms with Gasteiger partial charge in [0, 0.05) is 43.0 Å². The molecule has 0 aromatic carbocycles. The third-order valence-electron chi connectivity index (χ3n) is 10.6. The number of hydrogen-bond donors (Lipinski definition) is 1. The number of carbonyl (C=O) groups is 3. The van der Waals surface area contributed by atoms with Gasteiger partial charge in [-0.2, -0.15) is 0 Å². The van der Waals surface area contributed by atoms with Crippen LogP contribution < -0.4 is 0 Å². The van der Waals surface area contributed by atoms with Crippen LogP contribution in [0.25, 0.3) is 0 Å². The molecule has 3 heterocycles. The first kappa shape index (κ1) is 39.9. The van der Waals surface area contributed by atoms with Crippen LogP contribution in [0.5, 0.6) is 0 Å². The SMILES string of the molecule is C=COCCCN1C(=O)O[C@]2(C)[C@@H](CC)OC(=O)/C(C)=C/[C@H](C)[C@@H](O[C@@H]3O[C@H](C)C[C@H](N(C)C)[C@H]3O)[C@](C)(OC)C[C@@H](C)C(=O)[C@H](C)[C@@H]12. The molecule has 0 aromatic rings. The van der Waals surface area contributed by atoms with E-state index in [9.17, 15) is 19.5 Å². The molecular formula is C36H60N2O10. The molecule has 12 atom stereocenters. The molecule has 0 spiro atoms. The number of fused-ring (bicyclic) bond motifs is 1. The van der Waals surface area contributed by atoms with Crippen molar-refractivity contribution in [3.8, 4) is 0 Å². The molecule has 274 valence electrons. The summed E-state index contributed by atoms with van der Waals surface area (Å²) in [5.74, 6) is -2.31. The maximum Gasteiger partial charge on any atom is 0.410 e. The monoisotopic (exact) mass is 680 g/mol. The topological polar surface area (TPSA) is 133 Å². The molecule has 0 bridgehead atoms. The van der Waals surface area contributed by atoms with Gasteiger partial charge in [-0.3, -0.25) is 4.79 Å². The first-order valence-corrected chi connectivity index (χ1v) is 17.3. The number of likely N-dealkylation sites (N-methyl/N-ethyl adjacent to an activating group) is 1. The fourth-order valence-electron chi connectivity index (χ4n) is 8.01. The van der Waals surface area contributed by atoms with Gasteiger partial charge in [0.15, 0.2) is 11.9 Å². The first-order chi connectivity index (χ1) is 22.4. The van der Waals surface area contributed by atoms with Crippen LogP contribution in [-0.2, 0) is 38.0 Å². The third-order valence-corrected chi connectivity index (χ3v) is 10.6. The summed E-state index contributed by atoms with van der Waals surface area (Å²) in [5.41, 5.74) is -2.01. The molecule has 2 fully saturated rings. The van der Waals surface area contributed by atoms with Crippen molar-refractivity contribution < 1.29 is 47.9 Å². The van der Waals surface area contributed by atoms with Gasteiger partial charge in [-0.05, 0) is 67.5 Å². The van der Waals surface area contributed by atoms with Crippen LogP contribution in [0.15, 0.2) is 24.5 Å². The Morgan fingerprint density at radius 1 is 1.17 bits per heavy atom. The number of methoxy groups -OCH3 is 1. The smallest absolute Gasteiger partial charge is 0.410 e. The number of ketones is 1. The van der Waals surface area contributed by atoms with Gasteiger partial charge >= 0.3 is 12.1 Å². The molecule has 3 aliphatic heterocycles. The average Bonchev–Trinajstić information content (AvgIpc) is 3.29. The largest absolute Gasteiger partial charge is 0.502 e. The molecule has 1 amide bonds. The minimum atomic E-state index is -1.30. The lowest BCUT2D eigenvalue weighted by molar-refractivity contribution is -0.294. The van der Waals surface area contributed by atoms with Crippen molar-refractivity contribution in [3.05, 3.63) is 24.5 Å². The second-order valence-corrected chi connectivity index (χ2v) is 14.5. The van der Waals surface area contributed by atoms with Gasteiger partial charge in [-0.15, -0.1) is 0 Å². The van der Waals surface area contributed by atoms with Crippen LogP contribution in [0.4, 0.5) is 4.79 Å². The van der Waals surface area contributed by atoms with E-state index in [0.717, 1.165) is 0 Å². The number of hydrogen-bond acceptors (Lipinski definition) is 11. The molecule has 3 rings (SSSR count). The van der Waals surface area contributed by atoms with Crippen LogP contribution in [0.3, 0.4) is 0 Å². The number of aliphatic hydroxyl groups excluding tert-OH is 1. The normalized spacial score (nSPS) is 41.1. The van der Waals surface area contributed by atoms with Crippen LogP contribution >= 0.6 is 0 Å². The summed E-state index contributed by atoms with van der Waals surface area (Å²) >= 11 is 0. The Labute approximate surface area is 287 Å². The zero-order chi connectivity index (χ0) is 36.1. The van der Waals surface area contributed by atoms with Gasteiger partial charge < -0.3 is 43.3 Å². The third kappa shape index (κ3) is 8.43. The van der Waals surface area contributed by atoms with Crippen LogP contribution in [0.2, 0.25) is 0 Å². The van der Waals surface area contributed by atoms with Crippen molar-refractivity contribution in [1.29, 1.82) is 0 Å². The lowest BCUT2D eigenvalue weighted by Crippen LogP contribution is -2.59. The fourth-order valence-corrected chi connectivity index (χ4v) is 8.01. The van der Waals surface area contributed by atoms with E-state index in [4.69, 9.17) is 28.4 Å². The molecule has 0 aliphatic carbocycles. The van der Waals surface area contributed by atoms with Crippen molar-refractivity contribution in [1.82, 2.24) is 9.80 Å². The number of Topliss-reactive ketones (excluding diaryl/α,β-unsaturated/α-hetero) is 1. The number of nitrogens with zero attached hydrogens (tertiary/aromatic N) is 2. The Balaban J connectivity index is 2.10. The molecule has 48 heavy (non-hydrogen) atoms. The summed E-state index contributed by atoms with van der Waals surface area (Å²) in [7, 11) is 5.39. The number of amides is 1. The van der Waals surface area contributed by atoms with Crippen LogP contribution in [-0.4, -0.2) is 121 Å². The highest BCUT2D eigenvalue weighted by molar-refractivity contribution is 5.88. The molecule has 0 saturated carbocycles. The van der Waals surface area contributed by atoms with Crippen molar-refractivity contribution in [2.75, 3.05) is 34.4 Å². The van der Waals surface area contributed by atoms with E-state index in [1.54, 1.807) is 38.9 Å². The predicted molar refractivity (Wildman–Crippen MR) is 180 cm³/mol. The molecule has 12 nitrogen and oxygen atoms in total. The molecule has 0 unspecified atom stereocenters. The van der Waals surface area contributed by atoms with Crippen molar-refractivity contribution in [3.63, 3.8) is 0 Å². The molecule has 0 radical (unpaired) electrons. The Bertz CT molecular complexity index is 1180. The number of ether oxygens (including phenoxy) is 6. The molecule has 12 heteroatoms. The van der Waals surface area contributed by atoms with Gasteiger partial charge in [0.05, 0.1) is 36.7 Å². The molecule has 0 aromatic heterocycles. The lowest BCUT2D eigenvalue weighted by Gasteiger charge is -2.47. The van der Waals surface area contributed by atoms with Crippen molar-refractivity contribution in [2.24, 2.45) is 17.8 Å². The van der Waals surface area contributed by atoms with E-state index in [0.29, 0.717) is 31.4 Å². The Morgan fingerprint density at radius 2 is 1.83 bits per heavy atom. The molecule has 1 N–H and O–H groups in total. The van der Waals surface area contributed by atoms with E-state index in [1.807, 2.05) is 53.6 Å². The van der Waals surface area contributed by atoms with E-state index < -0.39 is 71.7 Å². The number of esters is 1. The summed E-state index contributed by atoms with van der Waals surface area (Å²) < 4.78 is 36.4. The van der Waals surface area contributed by atoms with Crippen LogP contribution in [0.1, 0.15) is 81.1 Å². The number of rotatable bonds is 10. The first-order valence-electron chi connectivity index (χ1n) is 17.3. The quantitative estimate of drug-likeness (QED) is 0.199. The highest BCUT2D eigenvalue weighted by Crippen LogP contribution is 2.42. The fraction of sp³-hybridized carbons (Fsp3) is 0.806. The standard InChI is InChI=1S/C36H60N2O10/c1-13-27-36(9)30(38(34(42)48-36)16-15-17-44-14-2)25(7)28(39)23(5)20-35(8,43-12)31(21(3)18-22(4)32(41)46-27)47-33-29(40)26(37(10)11)19-24(6)45-33/h14,18,21,23-27,29-31,33,40H,2,13,15-17,19-20H2,1,3-12H3/b22-18+/t21-,23+,24+,25-,26-,27+,29+,30+,31+,33-,35+,36+/m0/s1. The van der Waals surface area contributed by atoms with Gasteiger partial charge in [-0.25, -0.2) is 9.59 Å². The minimum absolute atomic E-state index is 0.0910. The highest BCUT2D eigenvalue weighted by Gasteiger charge is 2.59. The second kappa shape index (κ2) is 16.5. The Morgan fingerprint density at radius 3 is 2.42 bits per heavy atom. The van der Waals surface area contributed by atoms with Gasteiger partial charge in [0.2, 0.25) is 0 Å². The number of aliphatic hydroxyl groups is 1. The van der Waals surface area contributed by atoms with Gasteiger partial charge in [0.1, 0.15) is 18.0 Å². The average molecular weight is 681 g/mol. The zero-order valence-electron chi connectivity index (χ0n) is 30.9. The lowest BCUT2D eigenvalue weighted by atomic mass is 9.74.